The number of aromatic nitrogens is 1. The Morgan fingerprint density at radius 2 is 1.96 bits per heavy atom. The highest BCUT2D eigenvalue weighted by Gasteiger charge is 2.46. The molecule has 0 aliphatic carbocycles. The van der Waals surface area contributed by atoms with Crippen molar-refractivity contribution in [3.8, 4) is 5.75 Å². The molecule has 1 heterocycles. The Bertz CT molecular complexity index is 667. The lowest BCUT2D eigenvalue weighted by atomic mass is 10.2. The Balaban J connectivity index is 2.17. The molecule has 23 heavy (non-hydrogen) atoms. The molecule has 0 aliphatic rings. The van der Waals surface area contributed by atoms with E-state index >= 15 is 0 Å². The Labute approximate surface area is 134 Å². The van der Waals surface area contributed by atoms with Crippen LogP contribution in [-0.4, -0.2) is 23.7 Å². The van der Waals surface area contributed by atoms with E-state index in [1.165, 1.54) is 29.6 Å². The molecule has 8 heteroatoms. The van der Waals surface area contributed by atoms with Gasteiger partial charge in [0.1, 0.15) is 10.8 Å². The van der Waals surface area contributed by atoms with Crippen LogP contribution in [0.25, 0.3) is 0 Å². The van der Waals surface area contributed by atoms with Gasteiger partial charge in [-0.05, 0) is 38.1 Å². The Morgan fingerprint density at radius 3 is 2.43 bits per heavy atom. The first-order chi connectivity index (χ1) is 10.8. The van der Waals surface area contributed by atoms with Gasteiger partial charge in [0.25, 0.3) is 0 Å². The maximum atomic E-state index is 13.1. The Kier molecular flexibility index (Phi) is 5.25. The number of rotatable bonds is 5. The van der Waals surface area contributed by atoms with Crippen LogP contribution >= 0.6 is 11.3 Å². The zero-order valence-electron chi connectivity index (χ0n) is 12.4. The fourth-order valence-corrected chi connectivity index (χ4v) is 2.62. The van der Waals surface area contributed by atoms with Gasteiger partial charge in [-0.25, -0.2) is 9.78 Å². The van der Waals surface area contributed by atoms with Crippen LogP contribution in [0.3, 0.4) is 0 Å². The number of carbonyl (C=O) groups excluding carboxylic acids is 1. The van der Waals surface area contributed by atoms with Gasteiger partial charge in [0.2, 0.25) is 6.10 Å². The molecular weight excluding hydrogens is 331 g/mol. The summed E-state index contributed by atoms with van der Waals surface area (Å²) in [7, 11) is 0. The van der Waals surface area contributed by atoms with Crippen LogP contribution < -0.4 is 4.74 Å². The summed E-state index contributed by atoms with van der Waals surface area (Å²) < 4.78 is 49.2. The van der Waals surface area contributed by atoms with E-state index < -0.39 is 18.2 Å². The average Bonchev–Trinajstić information content (AvgIpc) is 2.90. The van der Waals surface area contributed by atoms with Crippen LogP contribution in [0.4, 0.5) is 13.2 Å². The number of ether oxygens (including phenoxy) is 2. The molecule has 0 bridgehead atoms. The molecule has 1 aromatic heterocycles. The van der Waals surface area contributed by atoms with Crippen molar-refractivity contribution < 1.29 is 27.4 Å². The van der Waals surface area contributed by atoms with Gasteiger partial charge in [-0.3, -0.25) is 0 Å². The predicted octanol–water partition coefficient (Wildman–Crippen LogP) is 4.31. The maximum Gasteiger partial charge on any atom is 0.432 e. The van der Waals surface area contributed by atoms with E-state index in [0.29, 0.717) is 18.1 Å². The van der Waals surface area contributed by atoms with Crippen molar-refractivity contribution in [2.45, 2.75) is 26.1 Å². The van der Waals surface area contributed by atoms with Crippen LogP contribution in [0.1, 0.15) is 34.1 Å². The van der Waals surface area contributed by atoms with Crippen molar-refractivity contribution in [1.29, 1.82) is 0 Å². The first-order valence-corrected chi connectivity index (χ1v) is 7.61. The zero-order valence-corrected chi connectivity index (χ0v) is 13.2. The molecule has 4 nitrogen and oxygen atoms in total. The highest BCUT2D eigenvalue weighted by molar-refractivity contribution is 7.09. The molecule has 0 saturated carbocycles. The number of aryl methyl sites for hydroxylation is 1. The molecule has 2 rings (SSSR count). The fraction of sp³-hybridized carbons (Fsp3) is 0.333. The highest BCUT2D eigenvalue weighted by Crippen LogP contribution is 2.37. The third kappa shape index (κ3) is 4.44. The second kappa shape index (κ2) is 6.99. The van der Waals surface area contributed by atoms with Gasteiger partial charge in [-0.1, -0.05) is 0 Å². The monoisotopic (exact) mass is 345 g/mol. The fourth-order valence-electron chi connectivity index (χ4n) is 1.78. The second-order valence-corrected chi connectivity index (χ2v) is 5.50. The number of nitrogens with zero attached hydrogens (tertiary/aromatic N) is 1. The van der Waals surface area contributed by atoms with Crippen molar-refractivity contribution in [3.63, 3.8) is 0 Å². The van der Waals surface area contributed by atoms with Crippen molar-refractivity contribution in [2.24, 2.45) is 0 Å². The quantitative estimate of drug-likeness (QED) is 0.758. The van der Waals surface area contributed by atoms with Crippen molar-refractivity contribution in [2.75, 3.05) is 6.61 Å². The molecule has 2 aromatic rings. The number of benzene rings is 1. The summed E-state index contributed by atoms with van der Waals surface area (Å²) in [5.74, 6) is -0.546. The van der Waals surface area contributed by atoms with E-state index in [0.717, 1.165) is 11.3 Å². The summed E-state index contributed by atoms with van der Waals surface area (Å²) in [6.45, 7) is 3.82. The molecule has 0 unspecified atom stereocenters. The highest BCUT2D eigenvalue weighted by atomic mass is 32.1. The second-order valence-electron chi connectivity index (χ2n) is 4.61. The van der Waals surface area contributed by atoms with Gasteiger partial charge in [-0.15, -0.1) is 11.3 Å². The van der Waals surface area contributed by atoms with E-state index in [1.807, 2.05) is 0 Å². The smallest absolute Gasteiger partial charge is 0.432 e. The van der Waals surface area contributed by atoms with E-state index in [1.54, 1.807) is 13.8 Å². The molecule has 0 N–H and O–H groups in total. The summed E-state index contributed by atoms with van der Waals surface area (Å²) in [5.41, 5.74) is 0.451. The Morgan fingerprint density at radius 1 is 1.30 bits per heavy atom. The van der Waals surface area contributed by atoms with Gasteiger partial charge >= 0.3 is 12.1 Å². The predicted molar refractivity (Wildman–Crippen MR) is 78.7 cm³/mol. The number of carbonyl (C=O) groups is 1. The van der Waals surface area contributed by atoms with Gasteiger partial charge in [0.05, 0.1) is 12.2 Å². The van der Waals surface area contributed by atoms with E-state index in [-0.39, 0.29) is 10.6 Å². The first kappa shape index (κ1) is 17.3. The number of halogens is 3. The summed E-state index contributed by atoms with van der Waals surface area (Å²) in [6.07, 6.45) is -7.11. The minimum atomic E-state index is -4.73. The molecule has 0 aliphatic heterocycles. The zero-order chi connectivity index (χ0) is 17.0. The average molecular weight is 345 g/mol. The number of esters is 1. The Hall–Kier alpha value is -2.09. The topological polar surface area (TPSA) is 48.4 Å². The minimum absolute atomic E-state index is 0.0102. The summed E-state index contributed by atoms with van der Waals surface area (Å²) in [6, 6.07) is 5.70. The van der Waals surface area contributed by atoms with Gasteiger partial charge in [-0.2, -0.15) is 13.2 Å². The van der Waals surface area contributed by atoms with E-state index in [9.17, 15) is 18.0 Å². The SMILES string of the molecule is CCOc1ccc(C(=O)O[C@@H](c2nc(C)cs2)C(F)(F)F)cc1. The summed E-state index contributed by atoms with van der Waals surface area (Å²) in [4.78, 5) is 15.7. The summed E-state index contributed by atoms with van der Waals surface area (Å²) in [5, 5.41) is 1.17. The van der Waals surface area contributed by atoms with Crippen molar-refractivity contribution >= 4 is 17.3 Å². The molecule has 124 valence electrons. The van der Waals surface area contributed by atoms with Crippen LogP contribution in [0.5, 0.6) is 5.75 Å². The van der Waals surface area contributed by atoms with Gasteiger partial charge in [0.15, 0.2) is 0 Å². The maximum absolute atomic E-state index is 13.1. The van der Waals surface area contributed by atoms with Crippen LogP contribution in [0.15, 0.2) is 29.6 Å². The molecule has 0 spiro atoms. The summed E-state index contributed by atoms with van der Waals surface area (Å²) >= 11 is 0.802. The molecule has 1 aromatic carbocycles. The molecule has 0 radical (unpaired) electrons. The number of hydrogen-bond donors (Lipinski definition) is 0. The van der Waals surface area contributed by atoms with E-state index in [4.69, 9.17) is 4.74 Å². The molecule has 0 fully saturated rings. The lowest BCUT2D eigenvalue weighted by molar-refractivity contribution is -0.207. The lowest BCUT2D eigenvalue weighted by Crippen LogP contribution is -2.26. The third-order valence-corrected chi connectivity index (χ3v) is 3.79. The third-order valence-electron chi connectivity index (χ3n) is 2.78. The molecule has 0 amide bonds. The van der Waals surface area contributed by atoms with Crippen molar-refractivity contribution in [1.82, 2.24) is 4.98 Å². The molecular formula is C15H14F3NO3S. The first-order valence-electron chi connectivity index (χ1n) is 6.74. The lowest BCUT2D eigenvalue weighted by Gasteiger charge is -2.18. The molecule has 1 atom stereocenters. The van der Waals surface area contributed by atoms with Crippen LogP contribution in [0, 0.1) is 6.92 Å². The standard InChI is InChI=1S/C15H14F3NO3S/c1-3-21-11-6-4-10(5-7-11)14(20)22-12(15(16,17)18)13-19-9(2)8-23-13/h4-8,12H,3H2,1-2H3/t12-/m0/s1. The normalized spacial score (nSPS) is 12.7. The number of thiazole rings is 1. The number of hydrogen-bond acceptors (Lipinski definition) is 5. The number of alkyl halides is 3. The van der Waals surface area contributed by atoms with Gasteiger partial charge in [0, 0.05) is 11.1 Å². The van der Waals surface area contributed by atoms with Crippen LogP contribution in [0.2, 0.25) is 0 Å². The van der Waals surface area contributed by atoms with Crippen LogP contribution in [-0.2, 0) is 4.74 Å². The molecule has 0 saturated heterocycles. The largest absolute Gasteiger partial charge is 0.494 e. The minimum Gasteiger partial charge on any atom is -0.494 e. The van der Waals surface area contributed by atoms with Crippen molar-refractivity contribution in [3.05, 3.63) is 45.9 Å². The van der Waals surface area contributed by atoms with Gasteiger partial charge < -0.3 is 9.47 Å². The van der Waals surface area contributed by atoms with E-state index in [2.05, 4.69) is 9.72 Å².